The normalized spacial score (nSPS) is 37.9. The van der Waals surface area contributed by atoms with Crippen molar-refractivity contribution in [2.45, 2.75) is 81.2 Å². The number of hydrogen-bond acceptors (Lipinski definition) is 3. The molecule has 0 spiro atoms. The minimum atomic E-state index is -3.08. The first-order valence-electron chi connectivity index (χ1n) is 7.41. The van der Waals surface area contributed by atoms with E-state index < -0.39 is 10.0 Å². The lowest BCUT2D eigenvalue weighted by atomic mass is 10.0. The summed E-state index contributed by atoms with van der Waals surface area (Å²) in [6.45, 7) is 0. The van der Waals surface area contributed by atoms with E-state index in [1.165, 1.54) is 19.3 Å². The van der Waals surface area contributed by atoms with Crippen molar-refractivity contribution in [3.63, 3.8) is 0 Å². The number of rotatable bonds is 3. The highest BCUT2D eigenvalue weighted by Crippen LogP contribution is 2.29. The van der Waals surface area contributed by atoms with Crippen LogP contribution < -0.4 is 10.0 Å². The Morgan fingerprint density at radius 3 is 2.11 bits per heavy atom. The third-order valence-electron chi connectivity index (χ3n) is 4.80. The second kappa shape index (κ2) is 5.10. The van der Waals surface area contributed by atoms with Gasteiger partial charge in [0.25, 0.3) is 0 Å². The molecular formula is C13H24N2O2S. The van der Waals surface area contributed by atoms with Crippen molar-refractivity contribution < 1.29 is 8.42 Å². The topological polar surface area (TPSA) is 58.2 Å². The number of hydrogen-bond donors (Lipinski definition) is 2. The molecule has 5 heteroatoms. The van der Waals surface area contributed by atoms with Gasteiger partial charge in [-0.25, -0.2) is 13.1 Å². The predicted octanol–water partition coefficient (Wildman–Crippen LogP) is 1.52. The summed E-state index contributed by atoms with van der Waals surface area (Å²) in [6.07, 6.45) is 9.43. The Labute approximate surface area is 110 Å². The van der Waals surface area contributed by atoms with Gasteiger partial charge in [0, 0.05) is 18.1 Å². The van der Waals surface area contributed by atoms with Crippen LogP contribution in [0.5, 0.6) is 0 Å². The van der Waals surface area contributed by atoms with E-state index in [9.17, 15) is 8.42 Å². The molecule has 2 aliphatic heterocycles. The van der Waals surface area contributed by atoms with Gasteiger partial charge in [-0.05, 0) is 38.5 Å². The zero-order valence-corrected chi connectivity index (χ0v) is 11.7. The molecule has 18 heavy (non-hydrogen) atoms. The first-order chi connectivity index (χ1) is 8.63. The highest BCUT2D eigenvalue weighted by molar-refractivity contribution is 7.90. The number of piperidine rings is 1. The SMILES string of the molecule is O=S(=O)(NC1CC2CCC(C1)N2)C1CCCCC1. The predicted molar refractivity (Wildman–Crippen MR) is 71.9 cm³/mol. The minimum Gasteiger partial charge on any atom is -0.311 e. The summed E-state index contributed by atoms with van der Waals surface area (Å²) >= 11 is 0. The molecule has 3 rings (SSSR count). The zero-order chi connectivity index (χ0) is 12.6. The molecular weight excluding hydrogens is 248 g/mol. The van der Waals surface area contributed by atoms with Gasteiger partial charge in [-0.3, -0.25) is 0 Å². The molecule has 104 valence electrons. The lowest BCUT2D eigenvalue weighted by molar-refractivity contribution is 0.342. The summed E-state index contributed by atoms with van der Waals surface area (Å²) in [6, 6.07) is 1.27. The molecule has 1 saturated carbocycles. The van der Waals surface area contributed by atoms with E-state index >= 15 is 0 Å². The van der Waals surface area contributed by atoms with E-state index in [0.717, 1.165) is 38.5 Å². The van der Waals surface area contributed by atoms with Crippen molar-refractivity contribution in [2.24, 2.45) is 0 Å². The van der Waals surface area contributed by atoms with Crippen LogP contribution in [0.3, 0.4) is 0 Å². The van der Waals surface area contributed by atoms with Crippen LogP contribution in [0.25, 0.3) is 0 Å². The van der Waals surface area contributed by atoms with Crippen LogP contribution in [-0.2, 0) is 10.0 Å². The fraction of sp³-hybridized carbons (Fsp3) is 1.00. The maximum absolute atomic E-state index is 12.4. The minimum absolute atomic E-state index is 0.126. The van der Waals surface area contributed by atoms with Gasteiger partial charge in [0.15, 0.2) is 0 Å². The second-order valence-corrected chi connectivity index (χ2v) is 8.22. The molecule has 0 amide bonds. The quantitative estimate of drug-likeness (QED) is 0.819. The van der Waals surface area contributed by atoms with E-state index in [0.29, 0.717) is 12.1 Å². The first kappa shape index (κ1) is 12.9. The lowest BCUT2D eigenvalue weighted by Gasteiger charge is -2.31. The van der Waals surface area contributed by atoms with Gasteiger partial charge in [0.2, 0.25) is 10.0 Å². The Bertz CT molecular complexity index is 378. The van der Waals surface area contributed by atoms with Gasteiger partial charge in [0.1, 0.15) is 0 Å². The first-order valence-corrected chi connectivity index (χ1v) is 8.95. The van der Waals surface area contributed by atoms with Gasteiger partial charge in [-0.15, -0.1) is 0 Å². The molecule has 0 radical (unpaired) electrons. The van der Waals surface area contributed by atoms with Crippen molar-refractivity contribution in [2.75, 3.05) is 0 Å². The Morgan fingerprint density at radius 1 is 0.889 bits per heavy atom. The zero-order valence-electron chi connectivity index (χ0n) is 10.9. The number of fused-ring (bicyclic) bond motifs is 2. The molecule has 2 N–H and O–H groups in total. The molecule has 2 atom stereocenters. The van der Waals surface area contributed by atoms with Crippen molar-refractivity contribution in [1.29, 1.82) is 0 Å². The van der Waals surface area contributed by atoms with Gasteiger partial charge in [-0.2, -0.15) is 0 Å². The van der Waals surface area contributed by atoms with Gasteiger partial charge >= 0.3 is 0 Å². The van der Waals surface area contributed by atoms with Crippen LogP contribution in [0.15, 0.2) is 0 Å². The molecule has 1 aliphatic carbocycles. The number of sulfonamides is 1. The molecule has 3 fully saturated rings. The van der Waals surface area contributed by atoms with Crippen LogP contribution >= 0.6 is 0 Å². The highest BCUT2D eigenvalue weighted by atomic mass is 32.2. The van der Waals surface area contributed by atoms with E-state index in [1.54, 1.807) is 0 Å². The van der Waals surface area contributed by atoms with Crippen molar-refractivity contribution in [1.82, 2.24) is 10.0 Å². The Morgan fingerprint density at radius 2 is 1.50 bits per heavy atom. The molecule has 0 aromatic rings. The largest absolute Gasteiger partial charge is 0.311 e. The molecule has 2 saturated heterocycles. The smallest absolute Gasteiger partial charge is 0.214 e. The summed E-state index contributed by atoms with van der Waals surface area (Å²) in [5, 5.41) is 3.42. The van der Waals surface area contributed by atoms with E-state index in [2.05, 4.69) is 10.0 Å². The molecule has 0 aromatic carbocycles. The fourth-order valence-corrected chi connectivity index (χ4v) is 5.66. The van der Waals surface area contributed by atoms with Gasteiger partial charge in [0.05, 0.1) is 5.25 Å². The average molecular weight is 272 g/mol. The summed E-state index contributed by atoms with van der Waals surface area (Å²) in [5.41, 5.74) is 0. The van der Waals surface area contributed by atoms with Crippen molar-refractivity contribution >= 4 is 10.0 Å². The van der Waals surface area contributed by atoms with Crippen LogP contribution in [0, 0.1) is 0 Å². The Balaban J connectivity index is 1.61. The fourth-order valence-electron chi connectivity index (χ4n) is 3.86. The summed E-state index contributed by atoms with van der Waals surface area (Å²) in [5.74, 6) is 0. The highest BCUT2D eigenvalue weighted by Gasteiger charge is 2.37. The Kier molecular flexibility index (Phi) is 3.65. The van der Waals surface area contributed by atoms with Crippen LogP contribution in [0.1, 0.15) is 57.8 Å². The third kappa shape index (κ3) is 2.73. The number of nitrogens with one attached hydrogen (secondary N) is 2. The van der Waals surface area contributed by atoms with Crippen LogP contribution in [0.4, 0.5) is 0 Å². The van der Waals surface area contributed by atoms with Crippen molar-refractivity contribution in [3.8, 4) is 0 Å². The standard InChI is InChI=1S/C13H24N2O2S/c16-18(17,13-4-2-1-3-5-13)15-12-8-10-6-7-11(9-12)14-10/h10-15H,1-9H2. The van der Waals surface area contributed by atoms with E-state index in [1.807, 2.05) is 0 Å². The summed E-state index contributed by atoms with van der Waals surface area (Å²) in [7, 11) is -3.08. The molecule has 2 heterocycles. The summed E-state index contributed by atoms with van der Waals surface area (Å²) in [4.78, 5) is 0. The molecule has 4 nitrogen and oxygen atoms in total. The molecule has 0 aromatic heterocycles. The molecule has 2 unspecified atom stereocenters. The second-order valence-electron chi connectivity index (χ2n) is 6.23. The van der Waals surface area contributed by atoms with Gasteiger partial charge < -0.3 is 5.32 Å². The maximum Gasteiger partial charge on any atom is 0.214 e. The van der Waals surface area contributed by atoms with Crippen LogP contribution in [-0.4, -0.2) is 31.8 Å². The monoisotopic (exact) mass is 272 g/mol. The molecule has 3 aliphatic rings. The Hall–Kier alpha value is -0.130. The van der Waals surface area contributed by atoms with E-state index in [-0.39, 0.29) is 11.3 Å². The van der Waals surface area contributed by atoms with Gasteiger partial charge in [-0.1, -0.05) is 19.3 Å². The van der Waals surface area contributed by atoms with Crippen molar-refractivity contribution in [3.05, 3.63) is 0 Å². The lowest BCUT2D eigenvalue weighted by Crippen LogP contribution is -2.50. The average Bonchev–Trinajstić information content (AvgIpc) is 2.69. The maximum atomic E-state index is 12.4. The van der Waals surface area contributed by atoms with Crippen LogP contribution in [0.2, 0.25) is 0 Å². The summed E-state index contributed by atoms with van der Waals surface area (Å²) < 4.78 is 27.7. The third-order valence-corrected chi connectivity index (χ3v) is 6.81. The van der Waals surface area contributed by atoms with E-state index in [4.69, 9.17) is 0 Å². The molecule has 2 bridgehead atoms.